The SMILES string of the molecule is CC1COc2ccccc2N1CC(=O)NCc1ccco1. The van der Waals surface area contributed by atoms with E-state index in [4.69, 9.17) is 9.15 Å². The van der Waals surface area contributed by atoms with Crippen LogP contribution >= 0.6 is 0 Å². The molecule has 5 nitrogen and oxygen atoms in total. The number of benzene rings is 1. The average Bonchev–Trinajstić information content (AvgIpc) is 3.01. The highest BCUT2D eigenvalue weighted by molar-refractivity contribution is 5.82. The highest BCUT2D eigenvalue weighted by atomic mass is 16.5. The predicted molar refractivity (Wildman–Crippen MR) is 79.3 cm³/mol. The molecular weight excluding hydrogens is 268 g/mol. The number of ether oxygens (including phenoxy) is 1. The lowest BCUT2D eigenvalue weighted by molar-refractivity contribution is -0.120. The van der Waals surface area contributed by atoms with Crippen LogP contribution in [0.15, 0.2) is 47.1 Å². The molecule has 1 amide bonds. The van der Waals surface area contributed by atoms with Crippen molar-refractivity contribution in [3.63, 3.8) is 0 Å². The van der Waals surface area contributed by atoms with Gasteiger partial charge in [0.15, 0.2) is 0 Å². The summed E-state index contributed by atoms with van der Waals surface area (Å²) < 4.78 is 10.9. The minimum absolute atomic E-state index is 0.0325. The first-order valence-corrected chi connectivity index (χ1v) is 7.01. The van der Waals surface area contributed by atoms with Gasteiger partial charge in [-0.2, -0.15) is 0 Å². The van der Waals surface area contributed by atoms with E-state index in [0.29, 0.717) is 19.7 Å². The highest BCUT2D eigenvalue weighted by Gasteiger charge is 2.25. The van der Waals surface area contributed by atoms with E-state index in [1.165, 1.54) is 0 Å². The fourth-order valence-electron chi connectivity index (χ4n) is 2.40. The molecule has 21 heavy (non-hydrogen) atoms. The van der Waals surface area contributed by atoms with Crippen LogP contribution in [0.2, 0.25) is 0 Å². The molecule has 0 spiro atoms. The number of fused-ring (bicyclic) bond motifs is 1. The quantitative estimate of drug-likeness (QED) is 0.936. The van der Waals surface area contributed by atoms with Crippen molar-refractivity contribution in [2.24, 2.45) is 0 Å². The van der Waals surface area contributed by atoms with Gasteiger partial charge in [0.1, 0.15) is 18.1 Å². The van der Waals surface area contributed by atoms with Crippen molar-refractivity contribution in [3.05, 3.63) is 48.4 Å². The van der Waals surface area contributed by atoms with Gasteiger partial charge in [0, 0.05) is 0 Å². The monoisotopic (exact) mass is 286 g/mol. The lowest BCUT2D eigenvalue weighted by atomic mass is 10.1. The van der Waals surface area contributed by atoms with Crippen molar-refractivity contribution in [1.82, 2.24) is 5.32 Å². The molecule has 1 aromatic carbocycles. The normalized spacial score (nSPS) is 17.0. The van der Waals surface area contributed by atoms with Crippen LogP contribution in [0.25, 0.3) is 0 Å². The molecule has 2 heterocycles. The van der Waals surface area contributed by atoms with Crippen molar-refractivity contribution >= 4 is 11.6 Å². The molecule has 1 atom stereocenters. The van der Waals surface area contributed by atoms with Gasteiger partial charge in [-0.25, -0.2) is 0 Å². The number of hydrogen-bond donors (Lipinski definition) is 1. The van der Waals surface area contributed by atoms with E-state index in [-0.39, 0.29) is 11.9 Å². The summed E-state index contributed by atoms with van der Waals surface area (Å²) in [7, 11) is 0. The summed E-state index contributed by atoms with van der Waals surface area (Å²) in [4.78, 5) is 14.2. The number of rotatable bonds is 4. The first-order chi connectivity index (χ1) is 10.2. The van der Waals surface area contributed by atoms with Crippen molar-refractivity contribution in [3.8, 4) is 5.75 Å². The third-order valence-electron chi connectivity index (χ3n) is 3.54. The molecule has 1 N–H and O–H groups in total. The number of anilines is 1. The second kappa shape index (κ2) is 5.91. The maximum Gasteiger partial charge on any atom is 0.239 e. The van der Waals surface area contributed by atoms with Crippen LogP contribution in [0.5, 0.6) is 5.75 Å². The Hall–Kier alpha value is -2.43. The van der Waals surface area contributed by atoms with Gasteiger partial charge in [-0.1, -0.05) is 12.1 Å². The van der Waals surface area contributed by atoms with Crippen LogP contribution < -0.4 is 15.0 Å². The maximum absolute atomic E-state index is 12.1. The second-order valence-electron chi connectivity index (χ2n) is 5.11. The number of furan rings is 1. The van der Waals surface area contributed by atoms with Crippen LogP contribution in [0.4, 0.5) is 5.69 Å². The first kappa shape index (κ1) is 13.5. The Kier molecular flexibility index (Phi) is 3.81. The molecule has 2 aromatic rings. The second-order valence-corrected chi connectivity index (χ2v) is 5.11. The van der Waals surface area contributed by atoms with Gasteiger partial charge >= 0.3 is 0 Å². The smallest absolute Gasteiger partial charge is 0.239 e. The van der Waals surface area contributed by atoms with Crippen molar-refractivity contribution in [2.75, 3.05) is 18.1 Å². The largest absolute Gasteiger partial charge is 0.489 e. The van der Waals surface area contributed by atoms with E-state index in [0.717, 1.165) is 17.2 Å². The summed E-state index contributed by atoms with van der Waals surface area (Å²) in [5.74, 6) is 1.54. The van der Waals surface area contributed by atoms with Gasteiger partial charge < -0.3 is 19.4 Å². The zero-order valence-corrected chi connectivity index (χ0v) is 11.9. The van der Waals surface area contributed by atoms with E-state index < -0.39 is 0 Å². The van der Waals surface area contributed by atoms with Gasteiger partial charge in [0.25, 0.3) is 0 Å². The average molecular weight is 286 g/mol. The van der Waals surface area contributed by atoms with Crippen molar-refractivity contribution in [2.45, 2.75) is 19.5 Å². The van der Waals surface area contributed by atoms with Crippen molar-refractivity contribution < 1.29 is 13.9 Å². The predicted octanol–water partition coefficient (Wildman–Crippen LogP) is 2.18. The van der Waals surface area contributed by atoms with E-state index in [1.807, 2.05) is 36.4 Å². The zero-order chi connectivity index (χ0) is 14.7. The van der Waals surface area contributed by atoms with Crippen molar-refractivity contribution in [1.29, 1.82) is 0 Å². The van der Waals surface area contributed by atoms with Gasteiger partial charge in [-0.3, -0.25) is 4.79 Å². The number of carbonyl (C=O) groups is 1. The molecule has 1 unspecified atom stereocenters. The third-order valence-corrected chi connectivity index (χ3v) is 3.54. The maximum atomic E-state index is 12.1. The Morgan fingerprint density at radius 3 is 3.00 bits per heavy atom. The number of amides is 1. The zero-order valence-electron chi connectivity index (χ0n) is 11.9. The fraction of sp³-hybridized carbons (Fsp3) is 0.312. The molecule has 0 radical (unpaired) electrons. The molecule has 1 aliphatic rings. The topological polar surface area (TPSA) is 54.7 Å². The van der Waals surface area contributed by atoms with Gasteiger partial charge in [-0.05, 0) is 31.2 Å². The summed E-state index contributed by atoms with van der Waals surface area (Å²) in [6.45, 7) is 3.35. The van der Waals surface area contributed by atoms with E-state index >= 15 is 0 Å². The molecular formula is C16H18N2O3. The van der Waals surface area contributed by atoms with Crippen LogP contribution in [0.3, 0.4) is 0 Å². The Labute approximate surface area is 123 Å². The standard InChI is InChI=1S/C16H18N2O3/c1-12-11-21-15-7-3-2-6-14(15)18(12)10-16(19)17-9-13-5-4-8-20-13/h2-8,12H,9-11H2,1H3,(H,17,19). The summed E-state index contributed by atoms with van der Waals surface area (Å²) in [5.41, 5.74) is 0.962. The van der Waals surface area contributed by atoms with Crippen LogP contribution in [0, 0.1) is 0 Å². The van der Waals surface area contributed by atoms with Crippen LogP contribution in [-0.2, 0) is 11.3 Å². The summed E-state index contributed by atoms with van der Waals surface area (Å²) >= 11 is 0. The Morgan fingerprint density at radius 1 is 1.33 bits per heavy atom. The minimum Gasteiger partial charge on any atom is -0.489 e. The molecule has 5 heteroatoms. The molecule has 0 bridgehead atoms. The van der Waals surface area contributed by atoms with E-state index in [9.17, 15) is 4.79 Å². The van der Waals surface area contributed by atoms with Crippen LogP contribution in [0.1, 0.15) is 12.7 Å². The molecule has 0 fully saturated rings. The molecule has 0 saturated heterocycles. The minimum atomic E-state index is -0.0325. The number of para-hydroxylation sites is 2. The molecule has 3 rings (SSSR count). The van der Waals surface area contributed by atoms with E-state index in [1.54, 1.807) is 6.26 Å². The van der Waals surface area contributed by atoms with E-state index in [2.05, 4.69) is 17.1 Å². The molecule has 0 saturated carbocycles. The summed E-state index contributed by atoms with van der Waals surface area (Å²) in [5, 5.41) is 2.87. The Bertz CT molecular complexity index is 610. The van der Waals surface area contributed by atoms with Gasteiger partial charge in [0.05, 0.1) is 31.1 Å². The number of hydrogen-bond acceptors (Lipinski definition) is 4. The third kappa shape index (κ3) is 3.02. The Balaban J connectivity index is 1.65. The first-order valence-electron chi connectivity index (χ1n) is 7.01. The summed E-state index contributed by atoms with van der Waals surface area (Å²) in [6, 6.07) is 11.6. The van der Waals surface area contributed by atoms with Gasteiger partial charge in [-0.15, -0.1) is 0 Å². The molecule has 1 aromatic heterocycles. The number of carbonyl (C=O) groups excluding carboxylic acids is 1. The Morgan fingerprint density at radius 2 is 2.19 bits per heavy atom. The lowest BCUT2D eigenvalue weighted by Crippen LogP contribution is -2.46. The van der Waals surface area contributed by atoms with Crippen LogP contribution in [-0.4, -0.2) is 25.1 Å². The molecule has 110 valence electrons. The van der Waals surface area contributed by atoms with Gasteiger partial charge in [0.2, 0.25) is 5.91 Å². The number of nitrogens with one attached hydrogen (secondary N) is 1. The highest BCUT2D eigenvalue weighted by Crippen LogP contribution is 2.32. The lowest BCUT2D eigenvalue weighted by Gasteiger charge is -2.36. The number of nitrogens with zero attached hydrogens (tertiary/aromatic N) is 1. The molecule has 1 aliphatic heterocycles. The summed E-state index contributed by atoms with van der Waals surface area (Å²) in [6.07, 6.45) is 1.60. The fourth-order valence-corrected chi connectivity index (χ4v) is 2.40. The molecule has 0 aliphatic carbocycles.